The lowest BCUT2D eigenvalue weighted by Crippen LogP contribution is -2.48. The van der Waals surface area contributed by atoms with Crippen molar-refractivity contribution in [2.75, 3.05) is 11.9 Å². The van der Waals surface area contributed by atoms with Crippen molar-refractivity contribution in [3.05, 3.63) is 106 Å². The Morgan fingerprint density at radius 1 is 1.13 bits per heavy atom. The molecule has 1 spiro atoms. The second-order valence-corrected chi connectivity index (χ2v) is 9.30. The van der Waals surface area contributed by atoms with Crippen molar-refractivity contribution >= 4 is 35.0 Å². The summed E-state index contributed by atoms with van der Waals surface area (Å²) < 4.78 is 27.4. The quantitative estimate of drug-likeness (QED) is 0.320. The number of amides is 1. The van der Waals surface area contributed by atoms with Gasteiger partial charge in [0.2, 0.25) is 0 Å². The van der Waals surface area contributed by atoms with E-state index in [-0.39, 0.29) is 16.9 Å². The number of aryl methyl sites for hydroxylation is 1. The van der Waals surface area contributed by atoms with Crippen LogP contribution in [0.25, 0.3) is 0 Å². The van der Waals surface area contributed by atoms with Gasteiger partial charge in [-0.15, -0.1) is 0 Å². The van der Waals surface area contributed by atoms with E-state index in [1.54, 1.807) is 36.5 Å². The number of fused-ring (bicyclic) bond motifs is 4. The van der Waals surface area contributed by atoms with Gasteiger partial charge in [0.05, 0.1) is 5.56 Å². The highest BCUT2D eigenvalue weighted by atomic mass is 35.5. The number of rotatable bonds is 3. The lowest BCUT2D eigenvalue weighted by molar-refractivity contribution is 0.0496. The summed E-state index contributed by atoms with van der Waals surface area (Å²) in [5.41, 5.74) is 1.82. The van der Waals surface area contributed by atoms with Gasteiger partial charge in [0.15, 0.2) is 11.4 Å². The molecule has 8 nitrogen and oxygen atoms in total. The monoisotopic (exact) mass is 529 g/mol. The molecule has 2 aliphatic rings. The number of carbonyl (C=O) groups excluding carboxylic acids is 1. The Bertz CT molecular complexity index is 1600. The van der Waals surface area contributed by atoms with E-state index in [4.69, 9.17) is 21.1 Å². The number of hydrogen-bond donors (Lipinski definition) is 2. The molecule has 4 heterocycles. The lowest BCUT2D eigenvalue weighted by atomic mass is 9.80. The van der Waals surface area contributed by atoms with Crippen LogP contribution >= 0.6 is 11.6 Å². The number of ether oxygens (including phenoxy) is 2. The Labute approximate surface area is 222 Å². The second-order valence-electron chi connectivity index (χ2n) is 8.91. The minimum absolute atomic E-state index is 0.0104. The fourth-order valence-electron chi connectivity index (χ4n) is 4.67. The molecule has 0 saturated carbocycles. The molecule has 2 N–H and O–H groups in total. The molecule has 2 aliphatic heterocycles. The molecule has 1 amide bonds. The molecule has 2 aromatic heterocycles. The molecule has 0 bridgehead atoms. The summed E-state index contributed by atoms with van der Waals surface area (Å²) in [5, 5.41) is 6.31. The van der Waals surface area contributed by atoms with E-state index >= 15 is 4.39 Å². The van der Waals surface area contributed by atoms with Crippen LogP contribution in [0.4, 0.5) is 15.9 Å². The van der Waals surface area contributed by atoms with Crippen molar-refractivity contribution in [2.45, 2.75) is 18.9 Å². The number of benzene rings is 2. The highest BCUT2D eigenvalue weighted by molar-refractivity contribution is 6.29. The summed E-state index contributed by atoms with van der Waals surface area (Å²) >= 11 is 6.19. The normalized spacial score (nSPS) is 18.6. The van der Waals surface area contributed by atoms with Crippen LogP contribution < -0.4 is 15.4 Å². The zero-order valence-electron chi connectivity index (χ0n) is 20.2. The molecule has 1 fully saturated rings. The number of halogens is 2. The molecule has 0 radical (unpaired) electrons. The Hall–Kier alpha value is -4.50. The summed E-state index contributed by atoms with van der Waals surface area (Å²) in [5.74, 6) is -0.334. The van der Waals surface area contributed by atoms with Gasteiger partial charge in [-0.25, -0.2) is 9.97 Å². The van der Waals surface area contributed by atoms with Crippen LogP contribution in [0.1, 0.15) is 33.5 Å². The largest absolute Gasteiger partial charge is 0.452 e. The molecule has 4 aromatic rings. The number of nitrogens with zero attached hydrogens (tertiary/aromatic N) is 3. The number of aliphatic imine (C=N–C) groups is 1. The molecule has 2 aromatic carbocycles. The Balaban J connectivity index is 1.47. The lowest BCUT2D eigenvalue weighted by Gasteiger charge is -2.43. The van der Waals surface area contributed by atoms with E-state index in [2.05, 4.69) is 25.6 Å². The first-order chi connectivity index (χ1) is 18.4. The van der Waals surface area contributed by atoms with Crippen LogP contribution in [-0.2, 0) is 10.3 Å². The van der Waals surface area contributed by atoms with Crippen molar-refractivity contribution in [1.29, 1.82) is 0 Å². The molecule has 10 heteroatoms. The van der Waals surface area contributed by atoms with E-state index in [9.17, 15) is 4.79 Å². The smallest absolute Gasteiger partial charge is 0.294 e. The SMILES string of the molecule is Cc1cccnc1Nc1ccc2c(c1)[C@@]1(CCN/C(=N/C(=O)c3ccccc3)O1)c1cc(Cl)nc(F)c1O2. The van der Waals surface area contributed by atoms with Gasteiger partial charge in [0.1, 0.15) is 16.7 Å². The third kappa shape index (κ3) is 4.20. The fourth-order valence-corrected chi connectivity index (χ4v) is 4.85. The van der Waals surface area contributed by atoms with E-state index in [1.807, 2.05) is 37.3 Å². The number of nitrogens with one attached hydrogen (secondary N) is 2. The molecule has 0 unspecified atom stereocenters. The predicted molar refractivity (Wildman–Crippen MR) is 141 cm³/mol. The highest BCUT2D eigenvalue weighted by Gasteiger charge is 2.49. The van der Waals surface area contributed by atoms with Crippen molar-refractivity contribution in [2.24, 2.45) is 4.99 Å². The number of hydrogen-bond acceptors (Lipinski definition) is 6. The van der Waals surface area contributed by atoms with Crippen LogP contribution in [0.2, 0.25) is 5.15 Å². The van der Waals surface area contributed by atoms with Crippen LogP contribution in [0.5, 0.6) is 11.5 Å². The molecule has 1 saturated heterocycles. The number of pyridine rings is 2. The maximum absolute atomic E-state index is 15.0. The summed E-state index contributed by atoms with van der Waals surface area (Å²) in [6.45, 7) is 2.34. The van der Waals surface area contributed by atoms with Gasteiger partial charge in [-0.3, -0.25) is 4.79 Å². The fraction of sp³-hybridized carbons (Fsp3) is 0.143. The summed E-state index contributed by atoms with van der Waals surface area (Å²) in [4.78, 5) is 25.1. The van der Waals surface area contributed by atoms with Crippen molar-refractivity contribution in [3.8, 4) is 11.5 Å². The van der Waals surface area contributed by atoms with Crippen LogP contribution in [0, 0.1) is 12.9 Å². The molecular formula is C28H21ClFN5O3. The van der Waals surface area contributed by atoms with Crippen molar-refractivity contribution in [1.82, 2.24) is 15.3 Å². The first kappa shape index (κ1) is 23.9. The maximum atomic E-state index is 15.0. The minimum atomic E-state index is -1.26. The van der Waals surface area contributed by atoms with E-state index in [1.165, 1.54) is 6.07 Å². The van der Waals surface area contributed by atoms with Crippen LogP contribution in [0.3, 0.4) is 0 Å². The minimum Gasteiger partial charge on any atom is -0.452 e. The first-order valence-electron chi connectivity index (χ1n) is 11.9. The van der Waals surface area contributed by atoms with E-state index in [0.29, 0.717) is 41.2 Å². The molecule has 38 heavy (non-hydrogen) atoms. The van der Waals surface area contributed by atoms with Crippen LogP contribution in [0.15, 0.2) is 77.9 Å². The Kier molecular flexibility index (Phi) is 5.92. The summed E-state index contributed by atoms with van der Waals surface area (Å²) in [6.07, 6.45) is 2.08. The number of anilines is 2. The standard InChI is InChI=1S/C28H21ClFN5O3/c1-16-6-5-12-31-25(16)33-18-9-10-21-19(14-18)28(20-15-22(29)34-24(30)23(20)37-21)11-13-32-27(38-28)35-26(36)17-7-3-2-4-8-17/h2-10,12,14-15H,11,13H2,1H3,(H,31,33)(H,32,35,36)/t28-/m0/s1. The average molecular weight is 530 g/mol. The predicted octanol–water partition coefficient (Wildman–Crippen LogP) is 5.88. The molecular weight excluding hydrogens is 509 g/mol. The maximum Gasteiger partial charge on any atom is 0.294 e. The zero-order valence-corrected chi connectivity index (χ0v) is 20.9. The third-order valence-corrected chi connectivity index (χ3v) is 6.68. The van der Waals surface area contributed by atoms with Crippen LogP contribution in [-0.4, -0.2) is 28.4 Å². The first-order valence-corrected chi connectivity index (χ1v) is 12.3. The van der Waals surface area contributed by atoms with Gasteiger partial charge in [0, 0.05) is 36.0 Å². The molecule has 6 rings (SSSR count). The topological polar surface area (TPSA) is 97.7 Å². The summed E-state index contributed by atoms with van der Waals surface area (Å²) in [6, 6.07) is 19.4. The third-order valence-electron chi connectivity index (χ3n) is 6.48. The van der Waals surface area contributed by atoms with Crippen molar-refractivity contribution < 1.29 is 18.7 Å². The van der Waals surface area contributed by atoms with Gasteiger partial charge in [0.25, 0.3) is 17.9 Å². The van der Waals surface area contributed by atoms with E-state index < -0.39 is 17.5 Å². The van der Waals surface area contributed by atoms with Gasteiger partial charge in [-0.1, -0.05) is 35.9 Å². The average Bonchev–Trinajstić information content (AvgIpc) is 2.92. The zero-order chi connectivity index (χ0) is 26.3. The second kappa shape index (κ2) is 9.42. The molecule has 1 atom stereocenters. The number of carbonyl (C=O) groups is 1. The Morgan fingerprint density at radius 2 is 1.97 bits per heavy atom. The number of amidine groups is 1. The molecule has 190 valence electrons. The highest BCUT2D eigenvalue weighted by Crippen LogP contribution is 2.53. The number of aromatic nitrogens is 2. The van der Waals surface area contributed by atoms with Gasteiger partial charge >= 0.3 is 0 Å². The molecule has 0 aliphatic carbocycles. The van der Waals surface area contributed by atoms with Crippen molar-refractivity contribution in [3.63, 3.8) is 0 Å². The van der Waals surface area contributed by atoms with Gasteiger partial charge < -0.3 is 20.1 Å². The summed E-state index contributed by atoms with van der Waals surface area (Å²) in [7, 11) is 0. The van der Waals surface area contributed by atoms with E-state index in [0.717, 1.165) is 11.3 Å². The van der Waals surface area contributed by atoms with Gasteiger partial charge in [-0.05, 0) is 55.0 Å². The Morgan fingerprint density at radius 3 is 2.79 bits per heavy atom. The van der Waals surface area contributed by atoms with Gasteiger partial charge in [-0.2, -0.15) is 9.38 Å².